The lowest BCUT2D eigenvalue weighted by Crippen LogP contribution is -2.02. The zero-order valence-corrected chi connectivity index (χ0v) is 8.54. The zero-order chi connectivity index (χ0) is 10.4. The van der Waals surface area contributed by atoms with Crippen LogP contribution in [0.15, 0.2) is 30.9 Å². The number of para-hydroxylation sites is 1. The van der Waals surface area contributed by atoms with Gasteiger partial charge in [0.25, 0.3) is 0 Å². The smallest absolute Gasteiger partial charge is 0.145 e. The number of rotatable bonds is 5. The molecule has 1 aromatic rings. The number of ether oxygens (including phenoxy) is 2. The molecule has 0 spiro atoms. The highest BCUT2D eigenvalue weighted by molar-refractivity contribution is 5.66. The fourth-order valence-electron chi connectivity index (χ4n) is 1.20. The average molecular weight is 193 g/mol. The summed E-state index contributed by atoms with van der Waals surface area (Å²) in [5, 5.41) is 3.17. The van der Waals surface area contributed by atoms with Crippen LogP contribution in [0.5, 0.6) is 11.5 Å². The van der Waals surface area contributed by atoms with Crippen LogP contribution in [0.1, 0.15) is 0 Å². The average Bonchev–Trinajstić information content (AvgIpc) is 2.25. The molecule has 0 atom stereocenters. The van der Waals surface area contributed by atoms with Gasteiger partial charge in [-0.25, -0.2) is 0 Å². The van der Waals surface area contributed by atoms with Crippen LogP contribution in [-0.4, -0.2) is 20.8 Å². The standard InChI is InChI=1S/C11H15NO2/c1-4-8-12-11-9(13-2)6-5-7-10(11)14-3/h4-7,12H,1,8H2,2-3H3. The molecule has 0 aliphatic carbocycles. The maximum absolute atomic E-state index is 5.21. The third-order valence-corrected chi connectivity index (χ3v) is 1.85. The molecule has 0 saturated carbocycles. The molecular formula is C11H15NO2. The lowest BCUT2D eigenvalue weighted by molar-refractivity contribution is 0.397. The van der Waals surface area contributed by atoms with Crippen molar-refractivity contribution in [3.63, 3.8) is 0 Å². The van der Waals surface area contributed by atoms with E-state index in [2.05, 4.69) is 11.9 Å². The summed E-state index contributed by atoms with van der Waals surface area (Å²) in [4.78, 5) is 0. The minimum Gasteiger partial charge on any atom is -0.494 e. The minimum absolute atomic E-state index is 0.677. The van der Waals surface area contributed by atoms with Gasteiger partial charge in [-0.3, -0.25) is 0 Å². The van der Waals surface area contributed by atoms with Crippen LogP contribution < -0.4 is 14.8 Å². The summed E-state index contributed by atoms with van der Waals surface area (Å²) in [6.45, 7) is 4.32. The lowest BCUT2D eigenvalue weighted by Gasteiger charge is -2.13. The largest absolute Gasteiger partial charge is 0.494 e. The van der Waals surface area contributed by atoms with Gasteiger partial charge >= 0.3 is 0 Å². The van der Waals surface area contributed by atoms with Crippen LogP contribution in [-0.2, 0) is 0 Å². The number of methoxy groups -OCH3 is 2. The van der Waals surface area contributed by atoms with Gasteiger partial charge in [0.1, 0.15) is 17.2 Å². The third-order valence-electron chi connectivity index (χ3n) is 1.85. The second-order valence-corrected chi connectivity index (χ2v) is 2.71. The summed E-state index contributed by atoms with van der Waals surface area (Å²) >= 11 is 0. The Bertz CT molecular complexity index is 288. The molecule has 0 aliphatic heterocycles. The molecule has 0 radical (unpaired) electrons. The summed E-state index contributed by atoms with van der Waals surface area (Å²) in [6, 6.07) is 5.65. The van der Waals surface area contributed by atoms with E-state index >= 15 is 0 Å². The van der Waals surface area contributed by atoms with Crippen molar-refractivity contribution < 1.29 is 9.47 Å². The van der Waals surface area contributed by atoms with E-state index in [9.17, 15) is 0 Å². The number of hydrogen-bond donors (Lipinski definition) is 1. The van der Waals surface area contributed by atoms with Crippen molar-refractivity contribution in [3.8, 4) is 11.5 Å². The first-order chi connectivity index (χ1) is 6.83. The van der Waals surface area contributed by atoms with E-state index in [1.54, 1.807) is 20.3 Å². The Morgan fingerprint density at radius 3 is 2.29 bits per heavy atom. The number of anilines is 1. The lowest BCUT2D eigenvalue weighted by atomic mass is 10.2. The first-order valence-electron chi connectivity index (χ1n) is 4.39. The van der Waals surface area contributed by atoms with Crippen LogP contribution in [0, 0.1) is 0 Å². The Kier molecular flexibility index (Phi) is 3.85. The van der Waals surface area contributed by atoms with E-state index in [4.69, 9.17) is 9.47 Å². The summed E-state index contributed by atoms with van der Waals surface area (Å²) in [5.41, 5.74) is 0.859. The van der Waals surface area contributed by atoms with Crippen molar-refractivity contribution in [3.05, 3.63) is 30.9 Å². The summed E-state index contributed by atoms with van der Waals surface area (Å²) in [5.74, 6) is 1.54. The second-order valence-electron chi connectivity index (χ2n) is 2.71. The fraction of sp³-hybridized carbons (Fsp3) is 0.273. The van der Waals surface area contributed by atoms with Gasteiger partial charge in [0.15, 0.2) is 0 Å². The molecule has 14 heavy (non-hydrogen) atoms. The van der Waals surface area contributed by atoms with Gasteiger partial charge in [-0.05, 0) is 12.1 Å². The quantitative estimate of drug-likeness (QED) is 0.728. The van der Waals surface area contributed by atoms with Crippen molar-refractivity contribution >= 4 is 5.69 Å². The van der Waals surface area contributed by atoms with E-state index < -0.39 is 0 Å². The Morgan fingerprint density at radius 2 is 1.86 bits per heavy atom. The van der Waals surface area contributed by atoms with Gasteiger partial charge in [-0.15, -0.1) is 6.58 Å². The van der Waals surface area contributed by atoms with Crippen molar-refractivity contribution in [2.45, 2.75) is 0 Å². The maximum Gasteiger partial charge on any atom is 0.145 e. The number of nitrogens with one attached hydrogen (secondary N) is 1. The van der Waals surface area contributed by atoms with Gasteiger partial charge in [-0.2, -0.15) is 0 Å². The van der Waals surface area contributed by atoms with E-state index in [0.717, 1.165) is 17.2 Å². The monoisotopic (exact) mass is 193 g/mol. The molecule has 1 aromatic carbocycles. The summed E-state index contributed by atoms with van der Waals surface area (Å²) in [6.07, 6.45) is 1.78. The summed E-state index contributed by atoms with van der Waals surface area (Å²) in [7, 11) is 3.27. The molecule has 3 heteroatoms. The minimum atomic E-state index is 0.677. The van der Waals surface area contributed by atoms with Gasteiger partial charge in [0.05, 0.1) is 14.2 Å². The molecule has 0 heterocycles. The molecule has 0 aliphatic rings. The summed E-state index contributed by atoms with van der Waals surface area (Å²) < 4.78 is 10.4. The van der Waals surface area contributed by atoms with Crippen LogP contribution in [0.3, 0.4) is 0 Å². The number of hydrogen-bond acceptors (Lipinski definition) is 3. The fourth-order valence-corrected chi connectivity index (χ4v) is 1.20. The Morgan fingerprint density at radius 1 is 1.29 bits per heavy atom. The normalized spacial score (nSPS) is 9.29. The highest BCUT2D eigenvalue weighted by atomic mass is 16.5. The first-order valence-corrected chi connectivity index (χ1v) is 4.39. The van der Waals surface area contributed by atoms with Crippen LogP contribution in [0.4, 0.5) is 5.69 Å². The molecule has 0 bridgehead atoms. The first kappa shape index (κ1) is 10.4. The van der Waals surface area contributed by atoms with Gasteiger partial charge in [0.2, 0.25) is 0 Å². The SMILES string of the molecule is C=CCNc1c(OC)cccc1OC. The predicted octanol–water partition coefficient (Wildman–Crippen LogP) is 2.30. The van der Waals surface area contributed by atoms with E-state index in [1.807, 2.05) is 18.2 Å². The topological polar surface area (TPSA) is 30.5 Å². The number of benzene rings is 1. The van der Waals surface area contributed by atoms with Crippen LogP contribution in [0.2, 0.25) is 0 Å². The molecule has 0 aromatic heterocycles. The molecular weight excluding hydrogens is 178 g/mol. The highest BCUT2D eigenvalue weighted by Gasteiger charge is 2.07. The van der Waals surface area contributed by atoms with Crippen LogP contribution in [0.25, 0.3) is 0 Å². The molecule has 1 rings (SSSR count). The molecule has 3 nitrogen and oxygen atoms in total. The molecule has 1 N–H and O–H groups in total. The second kappa shape index (κ2) is 5.17. The van der Waals surface area contributed by atoms with Crippen molar-refractivity contribution in [1.29, 1.82) is 0 Å². The third kappa shape index (κ3) is 2.19. The van der Waals surface area contributed by atoms with E-state index in [0.29, 0.717) is 6.54 Å². The van der Waals surface area contributed by atoms with Gasteiger partial charge in [-0.1, -0.05) is 12.1 Å². The van der Waals surface area contributed by atoms with Crippen molar-refractivity contribution in [2.75, 3.05) is 26.1 Å². The van der Waals surface area contributed by atoms with E-state index in [-0.39, 0.29) is 0 Å². The van der Waals surface area contributed by atoms with Crippen molar-refractivity contribution in [2.24, 2.45) is 0 Å². The van der Waals surface area contributed by atoms with Crippen molar-refractivity contribution in [1.82, 2.24) is 0 Å². The Labute approximate surface area is 84.3 Å². The molecule has 0 unspecified atom stereocenters. The molecule has 0 amide bonds. The van der Waals surface area contributed by atoms with E-state index in [1.165, 1.54) is 0 Å². The molecule has 0 fully saturated rings. The Hall–Kier alpha value is -1.64. The van der Waals surface area contributed by atoms with Gasteiger partial charge < -0.3 is 14.8 Å². The molecule has 0 saturated heterocycles. The zero-order valence-electron chi connectivity index (χ0n) is 8.54. The molecule has 76 valence electrons. The van der Waals surface area contributed by atoms with Crippen LogP contribution >= 0.6 is 0 Å². The highest BCUT2D eigenvalue weighted by Crippen LogP contribution is 2.33. The predicted molar refractivity (Wildman–Crippen MR) is 58.2 cm³/mol. The van der Waals surface area contributed by atoms with Gasteiger partial charge in [0, 0.05) is 6.54 Å². The Balaban J connectivity index is 2.99. The maximum atomic E-state index is 5.21.